The Morgan fingerprint density at radius 3 is 2.08 bits per heavy atom. The zero-order valence-corrected chi connectivity index (χ0v) is 22.1. The molecule has 9 atom stereocenters. The Bertz CT molecular complexity index is 1370. The van der Waals surface area contributed by atoms with Crippen molar-refractivity contribution in [3.05, 3.63) is 84.5 Å². The van der Waals surface area contributed by atoms with Gasteiger partial charge in [-0.1, -0.05) is 60.2 Å². The van der Waals surface area contributed by atoms with E-state index < -0.39 is 0 Å². The van der Waals surface area contributed by atoms with Crippen molar-refractivity contribution >= 4 is 23.6 Å². The molecule has 4 bridgehead atoms. The molecule has 2 saturated heterocycles. The van der Waals surface area contributed by atoms with Crippen LogP contribution in [0.15, 0.2) is 73.4 Å². The molecule has 0 radical (unpaired) electrons. The molecule has 2 saturated carbocycles. The smallest absolute Gasteiger partial charge is 0.234 e. The lowest BCUT2D eigenvalue weighted by Gasteiger charge is -2.27. The molecular formula is C33H34N2O4. The molecule has 1 aromatic carbocycles. The number of benzene rings is 1. The summed E-state index contributed by atoms with van der Waals surface area (Å²) in [4.78, 5) is 56.6. The lowest BCUT2D eigenvalue weighted by Crippen LogP contribution is -2.35. The molecule has 0 spiro atoms. The van der Waals surface area contributed by atoms with E-state index in [0.717, 1.165) is 36.8 Å². The van der Waals surface area contributed by atoms with Gasteiger partial charge in [-0.3, -0.25) is 29.0 Å². The Morgan fingerprint density at radius 2 is 1.41 bits per heavy atom. The van der Waals surface area contributed by atoms with Crippen molar-refractivity contribution in [3.8, 4) is 0 Å². The first-order valence-corrected chi connectivity index (χ1v) is 14.3. The monoisotopic (exact) mass is 522 g/mol. The number of fused-ring (bicyclic) bond motifs is 10. The summed E-state index contributed by atoms with van der Waals surface area (Å²) in [7, 11) is 0. The number of likely N-dealkylation sites (tertiary alicyclic amines) is 2. The van der Waals surface area contributed by atoms with E-state index in [1.54, 1.807) is 0 Å². The quantitative estimate of drug-likeness (QED) is 0.374. The molecule has 39 heavy (non-hydrogen) atoms. The first-order chi connectivity index (χ1) is 18.9. The number of nitrogens with zero attached hydrogens (tertiary/aromatic N) is 2. The highest BCUT2D eigenvalue weighted by Crippen LogP contribution is 2.57. The molecule has 4 aliphatic carbocycles. The van der Waals surface area contributed by atoms with E-state index in [0.29, 0.717) is 0 Å². The third-order valence-electron chi connectivity index (χ3n) is 10.4. The van der Waals surface area contributed by atoms with E-state index in [9.17, 15) is 19.2 Å². The van der Waals surface area contributed by atoms with Crippen LogP contribution < -0.4 is 0 Å². The predicted molar refractivity (Wildman–Crippen MR) is 145 cm³/mol. The molecule has 4 fully saturated rings. The minimum absolute atomic E-state index is 0.0586. The van der Waals surface area contributed by atoms with Crippen LogP contribution in [-0.2, 0) is 32.3 Å². The number of rotatable bonds is 8. The fraction of sp³-hybridized carbons (Fsp3) is 0.455. The second kappa shape index (κ2) is 9.00. The lowest BCUT2D eigenvalue weighted by molar-refractivity contribution is -0.143. The largest absolute Gasteiger partial charge is 0.278 e. The Morgan fingerprint density at radius 1 is 0.769 bits per heavy atom. The Hall–Kier alpha value is -3.54. The van der Waals surface area contributed by atoms with Crippen molar-refractivity contribution in [2.24, 2.45) is 53.3 Å². The molecule has 0 N–H and O–H groups in total. The van der Waals surface area contributed by atoms with Crippen LogP contribution in [0.1, 0.15) is 36.8 Å². The Labute approximate surface area is 229 Å². The van der Waals surface area contributed by atoms with Crippen molar-refractivity contribution in [1.82, 2.24) is 9.80 Å². The predicted octanol–water partition coefficient (Wildman–Crippen LogP) is 4.44. The summed E-state index contributed by atoms with van der Waals surface area (Å²) in [5, 5.41) is 0. The normalized spacial score (nSPS) is 37.5. The van der Waals surface area contributed by atoms with Gasteiger partial charge in [-0.25, -0.2) is 0 Å². The van der Waals surface area contributed by atoms with Gasteiger partial charge < -0.3 is 0 Å². The maximum atomic E-state index is 13.5. The molecule has 0 aromatic heterocycles. The van der Waals surface area contributed by atoms with Crippen molar-refractivity contribution in [2.75, 3.05) is 0 Å². The number of carbonyl (C=O) groups is 4. The Kier molecular flexibility index (Phi) is 5.66. The number of amides is 4. The maximum Gasteiger partial charge on any atom is 0.234 e. The fourth-order valence-electron chi connectivity index (χ4n) is 8.87. The van der Waals surface area contributed by atoms with Crippen LogP contribution in [0.3, 0.4) is 0 Å². The average Bonchev–Trinajstić information content (AvgIpc) is 3.69. The number of allylic oxidation sites excluding steroid dienone is 6. The molecule has 6 aliphatic rings. The molecule has 4 amide bonds. The SMILES string of the molecule is C=CCC1=CC2CC1C1C(=O)N(Cc3cccc(CN4C(=O)C5C6C=CC(CC=C)C(C6)C5C4=O)c3)C(=O)C21. The number of imide groups is 2. The van der Waals surface area contributed by atoms with E-state index >= 15 is 0 Å². The summed E-state index contributed by atoms with van der Waals surface area (Å²) in [6.45, 7) is 8.15. The molecule has 1 aromatic rings. The van der Waals surface area contributed by atoms with Gasteiger partial charge in [-0.05, 0) is 66.4 Å². The van der Waals surface area contributed by atoms with Crippen LogP contribution >= 0.6 is 0 Å². The molecule has 200 valence electrons. The van der Waals surface area contributed by atoms with E-state index in [1.807, 2.05) is 36.4 Å². The molecule has 7 rings (SSSR count). The van der Waals surface area contributed by atoms with Gasteiger partial charge in [0.05, 0.1) is 36.8 Å². The van der Waals surface area contributed by atoms with Gasteiger partial charge in [-0.2, -0.15) is 0 Å². The van der Waals surface area contributed by atoms with Crippen molar-refractivity contribution in [3.63, 3.8) is 0 Å². The summed E-state index contributed by atoms with van der Waals surface area (Å²) in [5.41, 5.74) is 2.93. The third kappa shape index (κ3) is 3.53. The van der Waals surface area contributed by atoms with Gasteiger partial charge in [0.1, 0.15) is 0 Å². The van der Waals surface area contributed by atoms with Gasteiger partial charge in [-0.15, -0.1) is 13.2 Å². The summed E-state index contributed by atoms with van der Waals surface area (Å²) < 4.78 is 0. The van der Waals surface area contributed by atoms with Gasteiger partial charge in [0, 0.05) is 0 Å². The standard InChI is InChI=1S/C33H34N2O4/c1-3-6-20-10-11-22-14-24(20)28-26(22)30(36)34(32(28)38)16-18-8-5-9-19(12-18)17-35-31(37)27-23-13-21(7-4-2)25(15-23)29(27)33(35)39/h3-5,8-13,20,22-29H,1-2,6-7,14-17H2. The van der Waals surface area contributed by atoms with Crippen molar-refractivity contribution in [1.29, 1.82) is 0 Å². The first kappa shape index (κ1) is 24.5. The highest BCUT2D eigenvalue weighted by molar-refractivity contribution is 6.07. The summed E-state index contributed by atoms with van der Waals surface area (Å²) in [5.74, 6) is -0.357. The van der Waals surface area contributed by atoms with Crippen LogP contribution in [0, 0.1) is 53.3 Å². The summed E-state index contributed by atoms with van der Waals surface area (Å²) in [6, 6.07) is 7.63. The fourth-order valence-corrected chi connectivity index (χ4v) is 8.87. The molecule has 2 aliphatic heterocycles. The van der Waals surface area contributed by atoms with Gasteiger partial charge in [0.15, 0.2) is 0 Å². The topological polar surface area (TPSA) is 74.8 Å². The maximum absolute atomic E-state index is 13.5. The zero-order chi connectivity index (χ0) is 27.0. The molecular weight excluding hydrogens is 488 g/mol. The Balaban J connectivity index is 1.06. The molecule has 9 unspecified atom stereocenters. The lowest BCUT2D eigenvalue weighted by atomic mass is 9.79. The minimum Gasteiger partial charge on any atom is -0.278 e. The first-order valence-electron chi connectivity index (χ1n) is 14.3. The van der Waals surface area contributed by atoms with Gasteiger partial charge in [0.2, 0.25) is 23.6 Å². The van der Waals surface area contributed by atoms with Crippen LogP contribution in [0.4, 0.5) is 0 Å². The molecule has 6 heteroatoms. The number of carbonyl (C=O) groups excluding carboxylic acids is 4. The second-order valence-corrected chi connectivity index (χ2v) is 12.3. The van der Waals surface area contributed by atoms with Crippen LogP contribution in [0.25, 0.3) is 0 Å². The van der Waals surface area contributed by atoms with Crippen LogP contribution in [0.5, 0.6) is 0 Å². The molecule has 2 heterocycles. The zero-order valence-electron chi connectivity index (χ0n) is 22.1. The van der Waals surface area contributed by atoms with Crippen molar-refractivity contribution < 1.29 is 19.2 Å². The van der Waals surface area contributed by atoms with Gasteiger partial charge in [0.25, 0.3) is 0 Å². The van der Waals surface area contributed by atoms with Gasteiger partial charge >= 0.3 is 0 Å². The minimum atomic E-state index is -0.258. The molecule has 6 nitrogen and oxygen atoms in total. The van der Waals surface area contributed by atoms with Crippen molar-refractivity contribution in [2.45, 2.75) is 38.8 Å². The second-order valence-electron chi connectivity index (χ2n) is 12.3. The average molecular weight is 523 g/mol. The van der Waals surface area contributed by atoms with E-state index in [-0.39, 0.29) is 90.0 Å². The summed E-state index contributed by atoms with van der Waals surface area (Å²) in [6.07, 6.45) is 13.7. The number of hydrogen-bond donors (Lipinski definition) is 0. The summed E-state index contributed by atoms with van der Waals surface area (Å²) >= 11 is 0. The van der Waals surface area contributed by atoms with Crippen LogP contribution in [0.2, 0.25) is 0 Å². The van der Waals surface area contributed by atoms with Crippen LogP contribution in [-0.4, -0.2) is 33.4 Å². The highest BCUT2D eigenvalue weighted by Gasteiger charge is 2.61. The van der Waals surface area contributed by atoms with E-state index in [4.69, 9.17) is 0 Å². The highest BCUT2D eigenvalue weighted by atomic mass is 16.2. The van der Waals surface area contributed by atoms with E-state index in [1.165, 1.54) is 15.4 Å². The number of hydrogen-bond acceptors (Lipinski definition) is 4. The third-order valence-corrected chi connectivity index (χ3v) is 10.4. The van der Waals surface area contributed by atoms with E-state index in [2.05, 4.69) is 31.4 Å².